The van der Waals surface area contributed by atoms with Gasteiger partial charge in [0.2, 0.25) is 0 Å². The first-order valence-corrected chi connectivity index (χ1v) is 0.408. The fourth-order valence-corrected chi connectivity index (χ4v) is 0. The van der Waals surface area contributed by atoms with Crippen LogP contribution in [0, 0.1) is 21.0 Å². The van der Waals surface area contributed by atoms with Crippen molar-refractivity contribution in [2.45, 2.75) is 7.43 Å². The van der Waals surface area contributed by atoms with Crippen LogP contribution in [0.15, 0.2) is 0 Å². The molecule has 0 heterocycles. The molecule has 0 unspecified atom stereocenters. The molecule has 4 heteroatoms. The van der Waals surface area contributed by atoms with Gasteiger partial charge in [0, 0.05) is 0 Å². The molecular formula is CH6N2O2. The van der Waals surface area contributed by atoms with E-state index in [2.05, 4.69) is 11.2 Å². The van der Waals surface area contributed by atoms with E-state index >= 15 is 0 Å². The van der Waals surface area contributed by atoms with Crippen molar-refractivity contribution >= 4 is 0 Å². The largest absolute Gasteiger partial charge is 0.154 e. The first-order chi connectivity index (χ1) is 2.00. The number of hydrogen-bond donors (Lipinski definition) is 2. The molecule has 0 spiro atoms. The first kappa shape index (κ1) is 29.9. The van der Waals surface area contributed by atoms with Crippen molar-refractivity contribution in [2.75, 3.05) is 0 Å². The molecule has 0 aromatic heterocycles. The van der Waals surface area contributed by atoms with E-state index in [1.54, 1.807) is 0 Å². The first-order valence-electron chi connectivity index (χ1n) is 0.408. The summed E-state index contributed by atoms with van der Waals surface area (Å²) in [6.07, 6.45) is 0. The Bertz CT molecular complexity index is 9.61. The molecule has 0 aliphatic rings. The van der Waals surface area contributed by atoms with Gasteiger partial charge in [-0.05, 0) is 0 Å². The quantitative estimate of drug-likeness (QED) is 0.428. The van der Waals surface area contributed by atoms with Gasteiger partial charge in [-0.25, -0.2) is 0 Å². The molecule has 0 atom stereocenters. The van der Waals surface area contributed by atoms with E-state index in [4.69, 9.17) is 9.81 Å². The second-order valence-corrected chi connectivity index (χ2v) is 0. The Morgan fingerprint density at radius 3 is 0.800 bits per heavy atom. The molecule has 32 valence electrons. The second kappa shape index (κ2) is 24.2. The monoisotopic (exact) mass is 78.0 g/mol. The van der Waals surface area contributed by atoms with Crippen molar-refractivity contribution in [3.05, 3.63) is 9.81 Å². The molecule has 0 rings (SSSR count). The van der Waals surface area contributed by atoms with Gasteiger partial charge in [-0.3, -0.25) is 0 Å². The molecule has 0 saturated carbocycles. The minimum Gasteiger partial charge on any atom is -0.154 e. The van der Waals surface area contributed by atoms with Crippen molar-refractivity contribution in [1.29, 1.82) is 11.2 Å². The normalized spacial score (nSPS) is 1.60. The van der Waals surface area contributed by atoms with E-state index < -0.39 is 0 Å². The maximum atomic E-state index is 7.50. The summed E-state index contributed by atoms with van der Waals surface area (Å²) in [5, 5.41) is 0. The summed E-state index contributed by atoms with van der Waals surface area (Å²) < 4.78 is 0. The predicted molar refractivity (Wildman–Crippen MR) is 18.9 cm³/mol. The van der Waals surface area contributed by atoms with Gasteiger partial charge in [-0.2, -0.15) is 9.81 Å². The number of nitroso groups, excluding NO2 is 2. The third-order valence-corrected chi connectivity index (χ3v) is 0. The van der Waals surface area contributed by atoms with Crippen LogP contribution in [0.25, 0.3) is 0 Å². The third kappa shape index (κ3) is 7.20. The average Bonchev–Trinajstić information content (AvgIpc) is 1.50. The van der Waals surface area contributed by atoms with E-state index in [9.17, 15) is 0 Å². The highest BCUT2D eigenvalue weighted by atomic mass is 16.2. The molecule has 0 saturated heterocycles. The van der Waals surface area contributed by atoms with Crippen LogP contribution in [0.1, 0.15) is 7.43 Å². The van der Waals surface area contributed by atoms with E-state index in [1.807, 2.05) is 0 Å². The van der Waals surface area contributed by atoms with Gasteiger partial charge >= 0.3 is 0 Å². The van der Waals surface area contributed by atoms with Crippen LogP contribution >= 0.6 is 0 Å². The fourth-order valence-electron chi connectivity index (χ4n) is 0. The Kier molecular flexibility index (Phi) is 145. The van der Waals surface area contributed by atoms with Gasteiger partial charge in [0.25, 0.3) is 0 Å². The molecular weight excluding hydrogens is 72.0 g/mol. The average molecular weight is 78.1 g/mol. The zero-order chi connectivity index (χ0) is 4.00. The maximum Gasteiger partial charge on any atom is -0.0776 e. The molecule has 0 radical (unpaired) electrons. The van der Waals surface area contributed by atoms with Crippen molar-refractivity contribution in [2.24, 2.45) is 0 Å². The summed E-state index contributed by atoms with van der Waals surface area (Å²) in [4.78, 5) is 15.0. The fraction of sp³-hybridized carbons (Fsp3) is 1.00. The highest BCUT2D eigenvalue weighted by Crippen LogP contribution is 0.768. The smallest absolute Gasteiger partial charge is 0.0776 e. The van der Waals surface area contributed by atoms with Gasteiger partial charge < -0.3 is 0 Å². The number of nitrogens with one attached hydrogen (secondary N) is 2. The topological polar surface area (TPSA) is 81.8 Å². The Labute approximate surface area is 29.7 Å². The highest BCUT2D eigenvalue weighted by Gasteiger charge is 0.590. The summed E-state index contributed by atoms with van der Waals surface area (Å²) >= 11 is 0. The summed E-state index contributed by atoms with van der Waals surface area (Å²) in [6, 6.07) is 0. The SMILES string of the molecule is C.N=O.N=O. The molecule has 2 N–H and O–H groups in total. The highest BCUT2D eigenvalue weighted by molar-refractivity contribution is 3.64. The zero-order valence-electron chi connectivity index (χ0n) is 1.82. The Morgan fingerprint density at radius 2 is 0.800 bits per heavy atom. The molecule has 0 amide bonds. The summed E-state index contributed by atoms with van der Waals surface area (Å²) in [7, 11) is 0. The van der Waals surface area contributed by atoms with Crippen LogP contribution in [-0.4, -0.2) is 0 Å². The predicted octanol–water partition coefficient (Wildman–Crippen LogP) is 1.30. The third-order valence-electron chi connectivity index (χ3n) is 0. The van der Waals surface area contributed by atoms with Crippen molar-refractivity contribution in [3.63, 3.8) is 0 Å². The molecule has 0 aromatic rings. The standard InChI is InChI=1S/CH4.2HNO/c;2*1-2/h1H4;2*1H. The molecule has 0 bridgehead atoms. The van der Waals surface area contributed by atoms with E-state index in [0.29, 0.717) is 0 Å². The van der Waals surface area contributed by atoms with Gasteiger partial charge in [0.1, 0.15) is 0 Å². The summed E-state index contributed by atoms with van der Waals surface area (Å²) in [5.41, 5.74) is 9.00. The lowest BCUT2D eigenvalue weighted by Crippen LogP contribution is -0.649. The number of rotatable bonds is 0. The minimum atomic E-state index is 0. The molecule has 0 aromatic carbocycles. The Balaban J connectivity index is -0.0000000133. The van der Waals surface area contributed by atoms with Gasteiger partial charge in [0.15, 0.2) is 0 Å². The molecule has 0 aliphatic carbocycles. The van der Waals surface area contributed by atoms with Gasteiger partial charge in [-0.1, -0.05) is 18.6 Å². The van der Waals surface area contributed by atoms with Crippen molar-refractivity contribution in [1.82, 2.24) is 0 Å². The number of hydrogen-bond acceptors (Lipinski definition) is 4. The molecule has 5 heavy (non-hydrogen) atoms. The summed E-state index contributed by atoms with van der Waals surface area (Å²) in [6.45, 7) is 0. The van der Waals surface area contributed by atoms with Crippen LogP contribution in [0.5, 0.6) is 0 Å². The lowest BCUT2D eigenvalue weighted by molar-refractivity contribution is 1.49. The van der Waals surface area contributed by atoms with Crippen LogP contribution in [0.3, 0.4) is 0 Å². The second-order valence-electron chi connectivity index (χ2n) is 0. The van der Waals surface area contributed by atoms with Crippen LogP contribution in [0.2, 0.25) is 0 Å². The molecule has 4 nitrogen and oxygen atoms in total. The van der Waals surface area contributed by atoms with Gasteiger partial charge in [0.05, 0.1) is 0 Å². The van der Waals surface area contributed by atoms with Crippen molar-refractivity contribution < 1.29 is 0 Å². The molecule has 0 fully saturated rings. The molecule has 0 aliphatic heterocycles. The van der Waals surface area contributed by atoms with Crippen LogP contribution < -0.4 is 0 Å². The van der Waals surface area contributed by atoms with Gasteiger partial charge in [-0.15, -0.1) is 0 Å². The van der Waals surface area contributed by atoms with Crippen molar-refractivity contribution in [3.8, 4) is 0 Å². The Morgan fingerprint density at radius 1 is 0.800 bits per heavy atom. The lowest BCUT2D eigenvalue weighted by Gasteiger charge is -0.827. The van der Waals surface area contributed by atoms with E-state index in [-0.39, 0.29) is 7.43 Å². The summed E-state index contributed by atoms with van der Waals surface area (Å²) in [5.74, 6) is 0. The Hall–Kier alpha value is -0.800. The van der Waals surface area contributed by atoms with Crippen LogP contribution in [-0.2, 0) is 0 Å². The maximum absolute atomic E-state index is 7.50. The van der Waals surface area contributed by atoms with E-state index in [1.165, 1.54) is 0 Å². The zero-order valence-corrected chi connectivity index (χ0v) is 1.82. The minimum absolute atomic E-state index is 0. The van der Waals surface area contributed by atoms with E-state index in [0.717, 1.165) is 0 Å². The van der Waals surface area contributed by atoms with Crippen LogP contribution in [0.4, 0.5) is 0 Å². The lowest BCUT2D eigenvalue weighted by atomic mass is 12.0.